The van der Waals surface area contributed by atoms with Gasteiger partial charge in [0.25, 0.3) is 0 Å². The van der Waals surface area contributed by atoms with E-state index in [1.807, 2.05) is 18.2 Å². The fourth-order valence-corrected chi connectivity index (χ4v) is 3.42. The summed E-state index contributed by atoms with van der Waals surface area (Å²) in [5.74, 6) is 1.39. The van der Waals surface area contributed by atoms with E-state index in [4.69, 9.17) is 4.74 Å². The molecule has 5 nitrogen and oxygen atoms in total. The van der Waals surface area contributed by atoms with Gasteiger partial charge in [-0.05, 0) is 18.5 Å². The summed E-state index contributed by atoms with van der Waals surface area (Å²) in [5.41, 5.74) is 1.15. The Morgan fingerprint density at radius 1 is 1.20 bits per heavy atom. The number of nitrogens with zero attached hydrogens (tertiary/aromatic N) is 2. The quantitative estimate of drug-likeness (QED) is 0.785. The Bertz CT molecular complexity index is 539. The summed E-state index contributed by atoms with van der Waals surface area (Å²) < 4.78 is 5.58. The molecule has 0 saturated carbocycles. The molecule has 1 aliphatic rings. The van der Waals surface area contributed by atoms with E-state index < -0.39 is 0 Å². The number of likely N-dealkylation sites (N-methyl/N-ethyl adjacent to an activating group) is 1. The maximum absolute atomic E-state index is 12.2. The highest BCUT2D eigenvalue weighted by Gasteiger charge is 2.27. The molecule has 1 amide bonds. The van der Waals surface area contributed by atoms with Crippen LogP contribution < -0.4 is 10.1 Å². The van der Waals surface area contributed by atoms with Crippen molar-refractivity contribution in [3.63, 3.8) is 0 Å². The van der Waals surface area contributed by atoms with Gasteiger partial charge < -0.3 is 15.0 Å². The molecule has 0 bridgehead atoms. The summed E-state index contributed by atoms with van der Waals surface area (Å²) in [6.45, 7) is 12.2. The highest BCUT2D eigenvalue weighted by molar-refractivity contribution is 5.76. The minimum Gasteiger partial charge on any atom is -0.496 e. The number of ether oxygens (including phenoxy) is 1. The van der Waals surface area contributed by atoms with Crippen LogP contribution >= 0.6 is 0 Å². The Kier molecular flexibility index (Phi) is 7.72. The number of carbonyl (C=O) groups excluding carboxylic acids is 1. The van der Waals surface area contributed by atoms with E-state index in [9.17, 15) is 4.79 Å². The number of carbonyl (C=O) groups is 1. The maximum atomic E-state index is 12.2. The molecule has 1 heterocycles. The molecule has 0 aromatic heterocycles. The van der Waals surface area contributed by atoms with Crippen LogP contribution in [0.5, 0.6) is 5.75 Å². The molecule has 0 radical (unpaired) electrons. The summed E-state index contributed by atoms with van der Waals surface area (Å²) in [5, 5.41) is 3.14. The van der Waals surface area contributed by atoms with Gasteiger partial charge in [0.05, 0.1) is 13.2 Å². The van der Waals surface area contributed by atoms with Crippen LogP contribution in [-0.2, 0) is 4.79 Å². The van der Waals surface area contributed by atoms with Crippen LogP contribution in [-0.4, -0.2) is 62.1 Å². The number of nitrogens with one attached hydrogen (secondary N) is 1. The normalized spacial score (nSPS) is 17.5. The first-order valence-electron chi connectivity index (χ1n) is 9.41. The lowest BCUT2D eigenvalue weighted by Crippen LogP contribution is -2.49. The Balaban J connectivity index is 2.12. The van der Waals surface area contributed by atoms with E-state index in [0.717, 1.165) is 44.0 Å². The fourth-order valence-electron chi connectivity index (χ4n) is 3.42. The Labute approximate surface area is 152 Å². The van der Waals surface area contributed by atoms with Crippen LogP contribution in [0.3, 0.4) is 0 Å². The van der Waals surface area contributed by atoms with Crippen molar-refractivity contribution in [2.75, 3.05) is 46.4 Å². The van der Waals surface area contributed by atoms with E-state index in [2.05, 4.69) is 42.0 Å². The Morgan fingerprint density at radius 2 is 1.88 bits per heavy atom. The number of piperazine rings is 1. The second-order valence-electron chi connectivity index (χ2n) is 7.13. The zero-order chi connectivity index (χ0) is 18.2. The third-order valence-electron chi connectivity index (χ3n) is 4.88. The lowest BCUT2D eigenvalue weighted by molar-refractivity contribution is -0.122. The van der Waals surface area contributed by atoms with Gasteiger partial charge in [0.1, 0.15) is 5.75 Å². The first-order valence-corrected chi connectivity index (χ1v) is 9.41. The second-order valence-corrected chi connectivity index (χ2v) is 7.13. The van der Waals surface area contributed by atoms with Gasteiger partial charge >= 0.3 is 0 Å². The molecule has 25 heavy (non-hydrogen) atoms. The average molecular weight is 348 g/mol. The van der Waals surface area contributed by atoms with Gasteiger partial charge in [-0.25, -0.2) is 0 Å². The van der Waals surface area contributed by atoms with Gasteiger partial charge in [-0.2, -0.15) is 0 Å². The van der Waals surface area contributed by atoms with Gasteiger partial charge in [0.15, 0.2) is 0 Å². The molecule has 1 atom stereocenters. The lowest BCUT2D eigenvalue weighted by Gasteiger charge is -2.39. The second kappa shape index (κ2) is 9.78. The number of benzene rings is 1. The molecular formula is C20H33N3O2. The highest BCUT2D eigenvalue weighted by Crippen LogP contribution is 2.29. The molecule has 1 saturated heterocycles. The van der Waals surface area contributed by atoms with Crippen LogP contribution in [0.1, 0.15) is 38.8 Å². The Hall–Kier alpha value is -1.59. The zero-order valence-electron chi connectivity index (χ0n) is 16.1. The van der Waals surface area contributed by atoms with Crippen LogP contribution in [0.2, 0.25) is 0 Å². The molecule has 0 spiro atoms. The van der Waals surface area contributed by atoms with Crippen molar-refractivity contribution in [2.24, 2.45) is 5.92 Å². The van der Waals surface area contributed by atoms with Crippen molar-refractivity contribution in [2.45, 2.75) is 33.2 Å². The van der Waals surface area contributed by atoms with Crippen molar-refractivity contribution in [1.82, 2.24) is 15.1 Å². The number of para-hydroxylation sites is 1. The maximum Gasteiger partial charge on any atom is 0.220 e. The molecule has 1 aliphatic heterocycles. The van der Waals surface area contributed by atoms with Crippen molar-refractivity contribution < 1.29 is 9.53 Å². The smallest absolute Gasteiger partial charge is 0.220 e. The summed E-state index contributed by atoms with van der Waals surface area (Å²) in [7, 11) is 1.71. The number of rotatable bonds is 8. The minimum absolute atomic E-state index is 0.127. The van der Waals surface area contributed by atoms with Gasteiger partial charge in [-0.1, -0.05) is 39.0 Å². The predicted octanol–water partition coefficient (Wildman–Crippen LogP) is 2.54. The zero-order valence-corrected chi connectivity index (χ0v) is 16.1. The van der Waals surface area contributed by atoms with Crippen LogP contribution in [0.15, 0.2) is 24.3 Å². The van der Waals surface area contributed by atoms with Gasteiger partial charge in [0, 0.05) is 44.7 Å². The molecule has 0 aliphatic carbocycles. The standard InChI is InChI=1S/C20H33N3O2/c1-5-22-10-12-23(13-11-22)18(15-21-20(24)14-16(2)3)17-8-6-7-9-19(17)25-4/h6-9,16,18H,5,10-15H2,1-4H3,(H,21,24). The van der Waals surface area contributed by atoms with Crippen molar-refractivity contribution in [3.8, 4) is 5.75 Å². The van der Waals surface area contributed by atoms with Crippen molar-refractivity contribution >= 4 is 5.91 Å². The number of amides is 1. The van der Waals surface area contributed by atoms with Crippen LogP contribution in [0.25, 0.3) is 0 Å². The lowest BCUT2D eigenvalue weighted by atomic mass is 10.0. The molecular weight excluding hydrogens is 314 g/mol. The van der Waals surface area contributed by atoms with E-state index in [1.54, 1.807) is 7.11 Å². The van der Waals surface area contributed by atoms with E-state index in [1.165, 1.54) is 0 Å². The molecule has 1 unspecified atom stereocenters. The first-order chi connectivity index (χ1) is 12.0. The van der Waals surface area contributed by atoms with Gasteiger partial charge in [0.2, 0.25) is 5.91 Å². The van der Waals surface area contributed by atoms with Crippen LogP contribution in [0.4, 0.5) is 0 Å². The Morgan fingerprint density at radius 3 is 2.48 bits per heavy atom. The largest absolute Gasteiger partial charge is 0.496 e. The molecule has 1 N–H and O–H groups in total. The fraction of sp³-hybridized carbons (Fsp3) is 0.650. The summed E-state index contributed by atoms with van der Waals surface area (Å²) in [6.07, 6.45) is 0.572. The van der Waals surface area contributed by atoms with Crippen molar-refractivity contribution in [1.29, 1.82) is 0 Å². The third-order valence-corrected chi connectivity index (χ3v) is 4.88. The monoisotopic (exact) mass is 347 g/mol. The third kappa shape index (κ3) is 5.72. The molecule has 2 rings (SSSR count). The average Bonchev–Trinajstić information content (AvgIpc) is 2.62. The van der Waals surface area contributed by atoms with Gasteiger partial charge in [-0.15, -0.1) is 0 Å². The molecule has 1 fully saturated rings. The van der Waals surface area contributed by atoms with Crippen LogP contribution in [0, 0.1) is 5.92 Å². The highest BCUT2D eigenvalue weighted by atomic mass is 16.5. The topological polar surface area (TPSA) is 44.8 Å². The number of methoxy groups -OCH3 is 1. The number of hydrogen-bond acceptors (Lipinski definition) is 4. The first kappa shape index (κ1) is 19.7. The molecule has 1 aromatic carbocycles. The van der Waals surface area contributed by atoms with E-state index >= 15 is 0 Å². The summed E-state index contributed by atoms with van der Waals surface area (Å²) in [4.78, 5) is 17.1. The molecule has 140 valence electrons. The van der Waals surface area contributed by atoms with E-state index in [-0.39, 0.29) is 11.9 Å². The van der Waals surface area contributed by atoms with Gasteiger partial charge in [-0.3, -0.25) is 9.69 Å². The predicted molar refractivity (Wildman–Crippen MR) is 102 cm³/mol. The summed E-state index contributed by atoms with van der Waals surface area (Å²) >= 11 is 0. The molecule has 5 heteroatoms. The minimum atomic E-state index is 0.127. The number of hydrogen-bond donors (Lipinski definition) is 1. The van der Waals surface area contributed by atoms with Crippen molar-refractivity contribution in [3.05, 3.63) is 29.8 Å². The molecule has 1 aromatic rings. The van der Waals surface area contributed by atoms with E-state index in [0.29, 0.717) is 18.9 Å². The summed E-state index contributed by atoms with van der Waals surface area (Å²) in [6, 6.07) is 8.30. The SMILES string of the molecule is CCN1CCN(C(CNC(=O)CC(C)C)c2ccccc2OC)CC1.